The fraction of sp³-hybridized carbons (Fsp3) is 0.188. The van der Waals surface area contributed by atoms with E-state index in [1.807, 2.05) is 13.8 Å². The molecule has 10 heteroatoms. The molecule has 2 aromatic heterocycles. The van der Waals surface area contributed by atoms with Gasteiger partial charge in [-0.15, -0.1) is 22.7 Å². The molecule has 0 fully saturated rings. The predicted molar refractivity (Wildman–Crippen MR) is 100 cm³/mol. The summed E-state index contributed by atoms with van der Waals surface area (Å²) in [6.07, 6.45) is -4.35. The molecule has 0 amide bonds. The monoisotopic (exact) mass is 416 g/mol. The molecule has 0 atom stereocenters. The number of rotatable bonds is 4. The third kappa shape index (κ3) is 4.22. The van der Waals surface area contributed by atoms with Crippen molar-refractivity contribution in [2.45, 2.75) is 20.0 Å². The highest BCUT2D eigenvalue weighted by atomic mass is 35.5. The molecule has 1 aromatic carbocycles. The topological polar surface area (TPSA) is 50.2 Å². The van der Waals surface area contributed by atoms with Crippen molar-refractivity contribution in [3.63, 3.8) is 0 Å². The first-order valence-corrected chi connectivity index (χ1v) is 9.38. The van der Waals surface area contributed by atoms with Crippen molar-refractivity contribution in [1.29, 1.82) is 0 Å². The van der Waals surface area contributed by atoms with Crippen molar-refractivity contribution in [3.8, 4) is 11.3 Å². The molecule has 0 saturated heterocycles. The summed E-state index contributed by atoms with van der Waals surface area (Å²) >= 11 is 8.54. The van der Waals surface area contributed by atoms with E-state index in [2.05, 4.69) is 20.5 Å². The average molecular weight is 417 g/mol. The molecule has 0 saturated carbocycles. The number of nitrogens with one attached hydrogen (secondary N) is 1. The van der Waals surface area contributed by atoms with E-state index in [1.54, 1.807) is 5.38 Å². The molecule has 4 nitrogen and oxygen atoms in total. The van der Waals surface area contributed by atoms with Crippen LogP contribution in [0.1, 0.15) is 23.1 Å². The van der Waals surface area contributed by atoms with Crippen LogP contribution in [-0.4, -0.2) is 15.7 Å². The third-order valence-electron chi connectivity index (χ3n) is 3.43. The molecule has 1 N–H and O–H groups in total. The molecule has 3 aromatic rings. The summed E-state index contributed by atoms with van der Waals surface area (Å²) in [7, 11) is 0. The largest absolute Gasteiger partial charge is 0.416 e. The van der Waals surface area contributed by atoms with E-state index in [0.29, 0.717) is 20.9 Å². The number of thiazole rings is 2. The van der Waals surface area contributed by atoms with Gasteiger partial charge in [0, 0.05) is 10.9 Å². The SMILES string of the molecule is C/C(=N\Nc1nc(-c2ccc(C(F)(F)F)cc2)cs1)c1sc(Cl)nc1C. The average Bonchev–Trinajstić information content (AvgIpc) is 3.18. The van der Waals surface area contributed by atoms with Crippen LogP contribution in [0, 0.1) is 6.92 Å². The van der Waals surface area contributed by atoms with Crippen LogP contribution in [0.15, 0.2) is 34.7 Å². The van der Waals surface area contributed by atoms with Crippen LogP contribution in [-0.2, 0) is 6.18 Å². The lowest BCUT2D eigenvalue weighted by Crippen LogP contribution is -2.04. The van der Waals surface area contributed by atoms with Crippen molar-refractivity contribution in [3.05, 3.63) is 50.2 Å². The van der Waals surface area contributed by atoms with Gasteiger partial charge in [-0.1, -0.05) is 23.7 Å². The Labute approximate surface area is 160 Å². The van der Waals surface area contributed by atoms with Gasteiger partial charge < -0.3 is 0 Å². The standard InChI is InChI=1S/C16H12ClF3N4S2/c1-8-13(26-14(17)21-8)9(2)23-24-15-22-12(7-25-15)10-3-5-11(6-4-10)16(18,19)20/h3-7H,1-2H3,(H,22,24)/b23-9+. The normalized spacial score (nSPS) is 12.5. The van der Waals surface area contributed by atoms with Gasteiger partial charge >= 0.3 is 6.18 Å². The van der Waals surface area contributed by atoms with E-state index in [0.717, 1.165) is 28.4 Å². The van der Waals surface area contributed by atoms with Crippen molar-refractivity contribution >= 4 is 45.1 Å². The smallest absolute Gasteiger partial charge is 0.252 e. The van der Waals surface area contributed by atoms with Gasteiger partial charge in [-0.05, 0) is 26.0 Å². The number of nitrogens with zero attached hydrogens (tertiary/aromatic N) is 3. The highest BCUT2D eigenvalue weighted by molar-refractivity contribution is 7.17. The van der Waals surface area contributed by atoms with Crippen LogP contribution in [0.4, 0.5) is 18.3 Å². The third-order valence-corrected chi connectivity index (χ3v) is 5.55. The molecular weight excluding hydrogens is 405 g/mol. The van der Waals surface area contributed by atoms with Crippen LogP contribution in [0.25, 0.3) is 11.3 Å². The minimum absolute atomic E-state index is 0.450. The molecule has 0 radical (unpaired) electrons. The first-order chi connectivity index (χ1) is 12.2. The van der Waals surface area contributed by atoms with Crippen LogP contribution in [0.2, 0.25) is 4.47 Å². The molecule has 0 bridgehead atoms. The van der Waals surface area contributed by atoms with E-state index in [-0.39, 0.29) is 0 Å². The number of aryl methyl sites for hydroxylation is 1. The van der Waals surface area contributed by atoms with Gasteiger partial charge in [-0.2, -0.15) is 18.3 Å². The summed E-state index contributed by atoms with van der Waals surface area (Å²) in [6, 6.07) is 4.89. The quantitative estimate of drug-likeness (QED) is 0.414. The van der Waals surface area contributed by atoms with Gasteiger partial charge in [-0.25, -0.2) is 9.97 Å². The number of hydrazone groups is 1. The Morgan fingerprint density at radius 3 is 2.46 bits per heavy atom. The van der Waals surface area contributed by atoms with Crippen molar-refractivity contribution in [2.75, 3.05) is 5.43 Å². The number of aromatic nitrogens is 2. The van der Waals surface area contributed by atoms with Crippen molar-refractivity contribution in [2.24, 2.45) is 5.10 Å². The Hall–Kier alpha value is -1.97. The molecule has 3 rings (SSSR count). The Bertz CT molecular complexity index is 945. The molecule has 0 unspecified atom stereocenters. The van der Waals surface area contributed by atoms with Crippen LogP contribution in [0.3, 0.4) is 0 Å². The summed E-state index contributed by atoms with van der Waals surface area (Å²) in [6.45, 7) is 3.68. The lowest BCUT2D eigenvalue weighted by Gasteiger charge is -2.06. The first kappa shape index (κ1) is 18.8. The zero-order valence-corrected chi connectivity index (χ0v) is 15.9. The Kier molecular flexibility index (Phi) is 5.31. The number of alkyl halides is 3. The zero-order valence-electron chi connectivity index (χ0n) is 13.6. The molecule has 2 heterocycles. The Morgan fingerprint density at radius 1 is 1.19 bits per heavy atom. The van der Waals surface area contributed by atoms with Gasteiger partial charge in [0.1, 0.15) is 0 Å². The second kappa shape index (κ2) is 7.34. The zero-order chi connectivity index (χ0) is 18.9. The molecule has 0 spiro atoms. The number of anilines is 1. The van der Waals surface area contributed by atoms with E-state index in [1.165, 1.54) is 34.8 Å². The van der Waals surface area contributed by atoms with Crippen LogP contribution >= 0.6 is 34.3 Å². The van der Waals surface area contributed by atoms with Gasteiger partial charge in [0.2, 0.25) is 5.13 Å². The lowest BCUT2D eigenvalue weighted by atomic mass is 10.1. The summed E-state index contributed by atoms with van der Waals surface area (Å²) < 4.78 is 38.3. The lowest BCUT2D eigenvalue weighted by molar-refractivity contribution is -0.137. The van der Waals surface area contributed by atoms with Crippen molar-refractivity contribution in [1.82, 2.24) is 9.97 Å². The van der Waals surface area contributed by atoms with Crippen LogP contribution < -0.4 is 5.43 Å². The minimum Gasteiger partial charge on any atom is -0.252 e. The summed E-state index contributed by atoms with van der Waals surface area (Å²) in [5, 5.41) is 6.56. The molecule has 26 heavy (non-hydrogen) atoms. The number of benzene rings is 1. The maximum Gasteiger partial charge on any atom is 0.416 e. The van der Waals surface area contributed by atoms with Gasteiger partial charge in [-0.3, -0.25) is 5.43 Å². The Balaban J connectivity index is 1.74. The maximum atomic E-state index is 12.6. The summed E-state index contributed by atoms with van der Waals surface area (Å²) in [4.78, 5) is 9.36. The fourth-order valence-corrected chi connectivity index (χ4v) is 3.93. The first-order valence-electron chi connectivity index (χ1n) is 7.31. The molecular formula is C16H12ClF3N4S2. The van der Waals surface area contributed by atoms with E-state index < -0.39 is 11.7 Å². The van der Waals surface area contributed by atoms with Gasteiger partial charge in [0.05, 0.1) is 27.5 Å². The molecule has 136 valence electrons. The summed E-state index contributed by atoms with van der Waals surface area (Å²) in [5.74, 6) is 0. The highest BCUT2D eigenvalue weighted by Crippen LogP contribution is 2.32. The molecule has 0 aliphatic carbocycles. The highest BCUT2D eigenvalue weighted by Gasteiger charge is 2.30. The van der Waals surface area contributed by atoms with Crippen LogP contribution in [0.5, 0.6) is 0 Å². The van der Waals surface area contributed by atoms with Gasteiger partial charge in [0.15, 0.2) is 4.47 Å². The molecule has 0 aliphatic rings. The number of hydrogen-bond acceptors (Lipinski definition) is 6. The number of halogens is 4. The summed E-state index contributed by atoms with van der Waals surface area (Å²) in [5.41, 5.74) is 4.87. The maximum absolute atomic E-state index is 12.6. The number of hydrogen-bond donors (Lipinski definition) is 1. The Morgan fingerprint density at radius 2 is 1.88 bits per heavy atom. The second-order valence-electron chi connectivity index (χ2n) is 5.30. The van der Waals surface area contributed by atoms with Crippen molar-refractivity contribution < 1.29 is 13.2 Å². The van der Waals surface area contributed by atoms with E-state index in [4.69, 9.17) is 11.6 Å². The second-order valence-corrected chi connectivity index (χ2v) is 7.74. The predicted octanol–water partition coefficient (Wildman–Crippen LogP) is 6.08. The fourth-order valence-electron chi connectivity index (χ4n) is 2.17. The van der Waals surface area contributed by atoms with E-state index >= 15 is 0 Å². The molecule has 0 aliphatic heterocycles. The van der Waals surface area contributed by atoms with E-state index in [9.17, 15) is 13.2 Å². The van der Waals surface area contributed by atoms with Gasteiger partial charge in [0.25, 0.3) is 0 Å². The minimum atomic E-state index is -4.35.